The maximum atomic E-state index is 13.5. The summed E-state index contributed by atoms with van der Waals surface area (Å²) in [5.41, 5.74) is 1.20. The van der Waals surface area contributed by atoms with Gasteiger partial charge in [0.15, 0.2) is 6.10 Å². The van der Waals surface area contributed by atoms with Crippen LogP contribution in [-0.4, -0.2) is 18.0 Å². The summed E-state index contributed by atoms with van der Waals surface area (Å²) in [6.07, 6.45) is -1.04. The van der Waals surface area contributed by atoms with E-state index in [2.05, 4.69) is 5.32 Å². The van der Waals surface area contributed by atoms with E-state index in [9.17, 15) is 14.0 Å². The summed E-state index contributed by atoms with van der Waals surface area (Å²) in [5, 5.41) is 2.39. The normalized spacial score (nSPS) is 11.6. The molecule has 0 aliphatic carbocycles. The molecule has 2 rings (SSSR count). The second kappa shape index (κ2) is 6.85. The molecule has 0 fully saturated rings. The molecule has 1 amide bonds. The number of carbonyl (C=O) groups excluding carboxylic acids is 2. The first kappa shape index (κ1) is 15.7. The van der Waals surface area contributed by atoms with Crippen molar-refractivity contribution in [3.8, 4) is 0 Å². The lowest BCUT2D eigenvalue weighted by atomic mass is 10.1. The second-order valence-corrected chi connectivity index (χ2v) is 4.83. The van der Waals surface area contributed by atoms with Gasteiger partial charge in [-0.05, 0) is 37.6 Å². The van der Waals surface area contributed by atoms with Crippen LogP contribution in [-0.2, 0) is 9.53 Å². The fourth-order valence-electron chi connectivity index (χ4n) is 1.88. The van der Waals surface area contributed by atoms with Gasteiger partial charge in [-0.2, -0.15) is 0 Å². The minimum absolute atomic E-state index is 0.0475. The largest absolute Gasteiger partial charge is 0.449 e. The molecule has 1 unspecified atom stereocenters. The number of carbonyl (C=O) groups is 2. The SMILES string of the molecule is Cc1ccccc1C(=O)OC(C)C(=O)Nc1ccccc1F. The van der Waals surface area contributed by atoms with E-state index in [1.54, 1.807) is 37.3 Å². The molecule has 1 N–H and O–H groups in total. The first-order valence-corrected chi connectivity index (χ1v) is 6.81. The highest BCUT2D eigenvalue weighted by molar-refractivity contribution is 5.97. The second-order valence-electron chi connectivity index (χ2n) is 4.83. The molecule has 4 nitrogen and oxygen atoms in total. The van der Waals surface area contributed by atoms with Crippen LogP contribution in [0.5, 0.6) is 0 Å². The molecule has 2 aromatic rings. The van der Waals surface area contributed by atoms with E-state index in [1.807, 2.05) is 0 Å². The summed E-state index contributed by atoms with van der Waals surface area (Å²) in [4.78, 5) is 24.0. The number of benzene rings is 2. The van der Waals surface area contributed by atoms with Gasteiger partial charge in [-0.1, -0.05) is 30.3 Å². The number of amides is 1. The maximum Gasteiger partial charge on any atom is 0.339 e. The topological polar surface area (TPSA) is 55.4 Å². The molecular weight excluding hydrogens is 285 g/mol. The summed E-state index contributed by atoms with van der Waals surface area (Å²) in [6.45, 7) is 3.22. The van der Waals surface area contributed by atoms with Crippen LogP contribution >= 0.6 is 0 Å². The highest BCUT2D eigenvalue weighted by atomic mass is 19.1. The highest BCUT2D eigenvalue weighted by Crippen LogP contribution is 2.14. The van der Waals surface area contributed by atoms with Crippen molar-refractivity contribution in [3.63, 3.8) is 0 Å². The Morgan fingerprint density at radius 2 is 1.73 bits per heavy atom. The minimum atomic E-state index is -1.04. The van der Waals surface area contributed by atoms with Gasteiger partial charge in [-0.25, -0.2) is 9.18 Å². The van der Waals surface area contributed by atoms with Crippen LogP contribution in [0.4, 0.5) is 10.1 Å². The summed E-state index contributed by atoms with van der Waals surface area (Å²) in [6, 6.07) is 12.7. The Kier molecular flexibility index (Phi) is 4.88. The van der Waals surface area contributed by atoms with Crippen LogP contribution in [0.2, 0.25) is 0 Å². The Labute approximate surface area is 127 Å². The molecule has 0 saturated carbocycles. The zero-order valence-corrected chi connectivity index (χ0v) is 12.3. The van der Waals surface area contributed by atoms with Gasteiger partial charge in [-0.3, -0.25) is 4.79 Å². The number of para-hydroxylation sites is 1. The van der Waals surface area contributed by atoms with E-state index < -0.39 is 23.8 Å². The summed E-state index contributed by atoms with van der Waals surface area (Å²) in [5.74, 6) is -1.73. The van der Waals surface area contributed by atoms with Gasteiger partial charge in [0.05, 0.1) is 11.3 Å². The zero-order chi connectivity index (χ0) is 16.1. The molecule has 22 heavy (non-hydrogen) atoms. The Morgan fingerprint density at radius 1 is 1.09 bits per heavy atom. The lowest BCUT2D eigenvalue weighted by Gasteiger charge is -2.14. The summed E-state index contributed by atoms with van der Waals surface area (Å²) >= 11 is 0. The predicted molar refractivity (Wildman–Crippen MR) is 81.1 cm³/mol. The van der Waals surface area contributed by atoms with Crippen LogP contribution in [0.3, 0.4) is 0 Å². The zero-order valence-electron chi connectivity index (χ0n) is 12.3. The van der Waals surface area contributed by atoms with Gasteiger partial charge in [0.2, 0.25) is 0 Å². The number of hydrogen-bond donors (Lipinski definition) is 1. The van der Waals surface area contributed by atoms with E-state index in [1.165, 1.54) is 25.1 Å². The number of hydrogen-bond acceptors (Lipinski definition) is 3. The average molecular weight is 301 g/mol. The van der Waals surface area contributed by atoms with Crippen molar-refractivity contribution in [1.29, 1.82) is 0 Å². The van der Waals surface area contributed by atoms with Gasteiger partial charge in [-0.15, -0.1) is 0 Å². The smallest absolute Gasteiger partial charge is 0.339 e. The lowest BCUT2D eigenvalue weighted by molar-refractivity contribution is -0.123. The summed E-state index contributed by atoms with van der Waals surface area (Å²) in [7, 11) is 0. The quantitative estimate of drug-likeness (QED) is 0.881. The number of nitrogens with one attached hydrogen (secondary N) is 1. The van der Waals surface area contributed by atoms with Crippen molar-refractivity contribution in [2.45, 2.75) is 20.0 Å². The predicted octanol–water partition coefficient (Wildman–Crippen LogP) is 3.32. The van der Waals surface area contributed by atoms with Crippen molar-refractivity contribution in [1.82, 2.24) is 0 Å². The molecule has 1 atom stereocenters. The molecule has 0 heterocycles. The highest BCUT2D eigenvalue weighted by Gasteiger charge is 2.20. The van der Waals surface area contributed by atoms with Crippen molar-refractivity contribution >= 4 is 17.6 Å². The Morgan fingerprint density at radius 3 is 2.41 bits per heavy atom. The van der Waals surface area contributed by atoms with Crippen molar-refractivity contribution in [3.05, 3.63) is 65.5 Å². The van der Waals surface area contributed by atoms with Gasteiger partial charge in [0.1, 0.15) is 5.82 Å². The Hall–Kier alpha value is -2.69. The maximum absolute atomic E-state index is 13.5. The Balaban J connectivity index is 2.01. The fraction of sp³-hybridized carbons (Fsp3) is 0.176. The van der Waals surface area contributed by atoms with Crippen molar-refractivity contribution in [2.75, 3.05) is 5.32 Å². The van der Waals surface area contributed by atoms with Crippen molar-refractivity contribution < 1.29 is 18.7 Å². The number of rotatable bonds is 4. The van der Waals surface area contributed by atoms with Gasteiger partial charge in [0.25, 0.3) is 5.91 Å². The number of halogens is 1. The van der Waals surface area contributed by atoms with E-state index in [0.717, 1.165) is 5.56 Å². The lowest BCUT2D eigenvalue weighted by Crippen LogP contribution is -2.30. The number of anilines is 1. The van der Waals surface area contributed by atoms with Gasteiger partial charge < -0.3 is 10.1 Å². The molecule has 0 aromatic heterocycles. The van der Waals surface area contributed by atoms with Crippen LogP contribution in [0.15, 0.2) is 48.5 Å². The fourth-order valence-corrected chi connectivity index (χ4v) is 1.88. The molecule has 114 valence electrons. The first-order chi connectivity index (χ1) is 10.5. The molecular formula is C17H16FNO3. The Bertz CT molecular complexity index is 700. The molecule has 0 aliphatic heterocycles. The number of esters is 1. The third-order valence-corrected chi connectivity index (χ3v) is 3.15. The third-order valence-electron chi connectivity index (χ3n) is 3.15. The average Bonchev–Trinajstić information content (AvgIpc) is 2.49. The van der Waals surface area contributed by atoms with Crippen LogP contribution in [0, 0.1) is 12.7 Å². The standard InChI is InChI=1S/C17H16FNO3/c1-11-7-3-4-8-13(11)17(21)22-12(2)16(20)19-15-10-6-5-9-14(15)18/h3-10,12H,1-2H3,(H,19,20). The van der Waals surface area contributed by atoms with Crippen LogP contribution in [0.1, 0.15) is 22.8 Å². The number of ether oxygens (including phenoxy) is 1. The van der Waals surface area contributed by atoms with Crippen LogP contribution < -0.4 is 5.32 Å². The molecule has 5 heteroatoms. The van der Waals surface area contributed by atoms with Gasteiger partial charge in [0, 0.05) is 0 Å². The van der Waals surface area contributed by atoms with Gasteiger partial charge >= 0.3 is 5.97 Å². The van der Waals surface area contributed by atoms with E-state index in [4.69, 9.17) is 4.74 Å². The van der Waals surface area contributed by atoms with Crippen LogP contribution in [0.25, 0.3) is 0 Å². The molecule has 0 aliphatic rings. The monoisotopic (exact) mass is 301 g/mol. The minimum Gasteiger partial charge on any atom is -0.449 e. The number of aryl methyl sites for hydroxylation is 1. The molecule has 0 spiro atoms. The molecule has 2 aromatic carbocycles. The first-order valence-electron chi connectivity index (χ1n) is 6.81. The van der Waals surface area contributed by atoms with E-state index >= 15 is 0 Å². The molecule has 0 radical (unpaired) electrons. The van der Waals surface area contributed by atoms with E-state index in [0.29, 0.717) is 5.56 Å². The third kappa shape index (κ3) is 3.69. The van der Waals surface area contributed by atoms with Crippen molar-refractivity contribution in [2.24, 2.45) is 0 Å². The van der Waals surface area contributed by atoms with E-state index in [-0.39, 0.29) is 5.69 Å². The molecule has 0 saturated heterocycles. The molecule has 0 bridgehead atoms. The summed E-state index contributed by atoms with van der Waals surface area (Å²) < 4.78 is 18.6.